The van der Waals surface area contributed by atoms with Crippen LogP contribution in [0.25, 0.3) is 0 Å². The van der Waals surface area contributed by atoms with E-state index in [0.29, 0.717) is 11.1 Å². The number of carbonyl (C=O) groups is 2. The lowest BCUT2D eigenvalue weighted by molar-refractivity contribution is -0.116. The molecule has 0 aliphatic rings. The molecule has 0 unspecified atom stereocenters. The van der Waals surface area contributed by atoms with E-state index in [0.717, 1.165) is 0 Å². The average molecular weight is 192 g/mol. The van der Waals surface area contributed by atoms with Gasteiger partial charge in [-0.1, -0.05) is 18.2 Å². The van der Waals surface area contributed by atoms with Gasteiger partial charge in [0.1, 0.15) is 5.78 Å². The summed E-state index contributed by atoms with van der Waals surface area (Å²) in [5, 5.41) is 0. The van der Waals surface area contributed by atoms with E-state index in [1.54, 1.807) is 24.3 Å². The first-order valence-electron chi connectivity index (χ1n) is 4.31. The van der Waals surface area contributed by atoms with Gasteiger partial charge >= 0.3 is 5.97 Å². The molecule has 3 nitrogen and oxygen atoms in total. The predicted octanol–water partition coefficient (Wildman–Crippen LogP) is 1.60. The highest BCUT2D eigenvalue weighted by molar-refractivity contribution is 5.92. The first-order valence-corrected chi connectivity index (χ1v) is 4.31. The number of hydrogen-bond donors (Lipinski definition) is 0. The summed E-state index contributed by atoms with van der Waals surface area (Å²) in [7, 11) is 1.33. The molecule has 0 aromatic heterocycles. The molecule has 0 aliphatic heterocycles. The highest BCUT2D eigenvalue weighted by Gasteiger charge is 2.11. The molecule has 0 atom stereocenters. The minimum absolute atomic E-state index is 0.0290. The molecule has 0 saturated carbocycles. The van der Waals surface area contributed by atoms with Gasteiger partial charge in [-0.25, -0.2) is 4.79 Å². The van der Waals surface area contributed by atoms with Crippen molar-refractivity contribution < 1.29 is 14.3 Å². The molecule has 1 aromatic carbocycles. The lowest BCUT2D eigenvalue weighted by Gasteiger charge is -2.05. The smallest absolute Gasteiger partial charge is 0.338 e. The molecule has 0 radical (unpaired) electrons. The van der Waals surface area contributed by atoms with E-state index in [-0.39, 0.29) is 12.2 Å². The third-order valence-corrected chi connectivity index (χ3v) is 1.86. The molecule has 0 fully saturated rings. The van der Waals surface area contributed by atoms with Crippen LogP contribution >= 0.6 is 0 Å². The van der Waals surface area contributed by atoms with Gasteiger partial charge < -0.3 is 4.74 Å². The van der Waals surface area contributed by atoms with E-state index < -0.39 is 5.97 Å². The zero-order valence-electron chi connectivity index (χ0n) is 8.24. The first-order chi connectivity index (χ1) is 6.65. The Hall–Kier alpha value is -1.64. The quantitative estimate of drug-likeness (QED) is 0.683. The van der Waals surface area contributed by atoms with Gasteiger partial charge in [0.2, 0.25) is 0 Å². The maximum atomic E-state index is 11.3. The van der Waals surface area contributed by atoms with E-state index in [4.69, 9.17) is 0 Å². The molecule has 0 aliphatic carbocycles. The van der Waals surface area contributed by atoms with Crippen LogP contribution in [0.5, 0.6) is 0 Å². The van der Waals surface area contributed by atoms with E-state index in [9.17, 15) is 9.59 Å². The fraction of sp³-hybridized carbons (Fsp3) is 0.273. The second-order valence-electron chi connectivity index (χ2n) is 3.03. The number of carbonyl (C=O) groups excluding carboxylic acids is 2. The Morgan fingerprint density at radius 1 is 1.29 bits per heavy atom. The van der Waals surface area contributed by atoms with Crippen molar-refractivity contribution in [3.8, 4) is 0 Å². The molecular weight excluding hydrogens is 180 g/mol. The lowest BCUT2D eigenvalue weighted by Crippen LogP contribution is -2.08. The number of esters is 1. The third-order valence-electron chi connectivity index (χ3n) is 1.86. The van der Waals surface area contributed by atoms with E-state index in [2.05, 4.69) is 4.74 Å². The summed E-state index contributed by atoms with van der Waals surface area (Å²) in [6.45, 7) is 1.49. The lowest BCUT2D eigenvalue weighted by atomic mass is 10.0. The molecule has 0 heterocycles. The van der Waals surface area contributed by atoms with E-state index in [1.165, 1.54) is 14.0 Å². The molecular formula is C11H12O3. The Morgan fingerprint density at radius 3 is 2.50 bits per heavy atom. The molecule has 0 saturated heterocycles. The normalized spacial score (nSPS) is 9.57. The van der Waals surface area contributed by atoms with Gasteiger partial charge in [0.15, 0.2) is 0 Å². The highest BCUT2D eigenvalue weighted by atomic mass is 16.5. The molecule has 74 valence electrons. The van der Waals surface area contributed by atoms with Gasteiger partial charge in [0, 0.05) is 6.42 Å². The maximum Gasteiger partial charge on any atom is 0.338 e. The Labute approximate surface area is 82.7 Å². The van der Waals surface area contributed by atoms with Gasteiger partial charge in [-0.05, 0) is 18.6 Å². The number of hydrogen-bond acceptors (Lipinski definition) is 3. The minimum atomic E-state index is -0.401. The second kappa shape index (κ2) is 4.56. The summed E-state index contributed by atoms with van der Waals surface area (Å²) in [6.07, 6.45) is 0.269. The van der Waals surface area contributed by atoms with Crippen molar-refractivity contribution in [3.05, 3.63) is 35.4 Å². The van der Waals surface area contributed by atoms with E-state index in [1.807, 2.05) is 0 Å². The van der Waals surface area contributed by atoms with Crippen LogP contribution in [0.1, 0.15) is 22.8 Å². The SMILES string of the molecule is COC(=O)c1ccccc1CC(C)=O. The van der Waals surface area contributed by atoms with Gasteiger partial charge in [-0.2, -0.15) is 0 Å². The van der Waals surface area contributed by atoms with Crippen LogP contribution in [-0.4, -0.2) is 18.9 Å². The summed E-state index contributed by atoms with van der Waals surface area (Å²) in [5.41, 5.74) is 1.18. The molecule has 0 amide bonds. The van der Waals surface area contributed by atoms with Crippen molar-refractivity contribution in [3.63, 3.8) is 0 Å². The Morgan fingerprint density at radius 2 is 1.93 bits per heavy atom. The summed E-state index contributed by atoms with van der Waals surface area (Å²) in [4.78, 5) is 22.2. The summed E-state index contributed by atoms with van der Waals surface area (Å²) >= 11 is 0. The van der Waals surface area contributed by atoms with Gasteiger partial charge in [-0.15, -0.1) is 0 Å². The second-order valence-corrected chi connectivity index (χ2v) is 3.03. The largest absolute Gasteiger partial charge is 0.465 e. The monoisotopic (exact) mass is 192 g/mol. The fourth-order valence-corrected chi connectivity index (χ4v) is 1.25. The minimum Gasteiger partial charge on any atom is -0.465 e. The Bertz CT molecular complexity index is 355. The molecule has 3 heteroatoms. The zero-order chi connectivity index (χ0) is 10.6. The van der Waals surface area contributed by atoms with Crippen molar-refractivity contribution in [2.45, 2.75) is 13.3 Å². The zero-order valence-corrected chi connectivity index (χ0v) is 8.24. The molecule has 0 spiro atoms. The molecule has 0 N–H and O–H groups in total. The van der Waals surface area contributed by atoms with E-state index >= 15 is 0 Å². The third kappa shape index (κ3) is 2.42. The number of rotatable bonds is 3. The van der Waals surface area contributed by atoms with Gasteiger partial charge in [0.05, 0.1) is 12.7 Å². The van der Waals surface area contributed by atoms with Crippen molar-refractivity contribution in [1.29, 1.82) is 0 Å². The van der Waals surface area contributed by atoms with Crippen LogP contribution in [0, 0.1) is 0 Å². The van der Waals surface area contributed by atoms with Crippen molar-refractivity contribution in [2.75, 3.05) is 7.11 Å². The standard InChI is InChI=1S/C11H12O3/c1-8(12)7-9-5-3-4-6-10(9)11(13)14-2/h3-6H,7H2,1-2H3. The molecule has 0 bridgehead atoms. The molecule has 1 rings (SSSR count). The topological polar surface area (TPSA) is 43.4 Å². The summed E-state index contributed by atoms with van der Waals surface area (Å²) in [6, 6.07) is 6.96. The van der Waals surface area contributed by atoms with Gasteiger partial charge in [0.25, 0.3) is 0 Å². The Kier molecular flexibility index (Phi) is 3.40. The van der Waals surface area contributed by atoms with Gasteiger partial charge in [-0.3, -0.25) is 4.79 Å². The predicted molar refractivity (Wildman–Crippen MR) is 52.2 cm³/mol. The van der Waals surface area contributed by atoms with Crippen molar-refractivity contribution in [1.82, 2.24) is 0 Å². The molecule has 14 heavy (non-hydrogen) atoms. The number of ketones is 1. The summed E-state index contributed by atoms with van der Waals surface area (Å²) in [5.74, 6) is -0.372. The number of ether oxygens (including phenoxy) is 1. The van der Waals surface area contributed by atoms with Crippen LogP contribution in [-0.2, 0) is 16.0 Å². The number of benzene rings is 1. The first kappa shape index (κ1) is 10.4. The van der Waals surface area contributed by atoms with Crippen LogP contribution in [0.4, 0.5) is 0 Å². The van der Waals surface area contributed by atoms with Crippen LogP contribution in [0.3, 0.4) is 0 Å². The highest BCUT2D eigenvalue weighted by Crippen LogP contribution is 2.10. The van der Waals surface area contributed by atoms with Crippen LogP contribution in [0.15, 0.2) is 24.3 Å². The fourth-order valence-electron chi connectivity index (χ4n) is 1.25. The van der Waals surface area contributed by atoms with Crippen molar-refractivity contribution >= 4 is 11.8 Å². The number of methoxy groups -OCH3 is 1. The van der Waals surface area contributed by atoms with Crippen molar-refractivity contribution in [2.24, 2.45) is 0 Å². The van der Waals surface area contributed by atoms with Crippen LogP contribution < -0.4 is 0 Å². The molecule has 1 aromatic rings. The summed E-state index contributed by atoms with van der Waals surface area (Å²) < 4.78 is 4.61. The number of Topliss-reactive ketones (excluding diaryl/α,β-unsaturated/α-hetero) is 1. The van der Waals surface area contributed by atoms with Crippen LogP contribution in [0.2, 0.25) is 0 Å². The Balaban J connectivity index is 3.02. The maximum absolute atomic E-state index is 11.3. The average Bonchev–Trinajstić information content (AvgIpc) is 2.16.